The molecule has 5 nitrogen and oxygen atoms in total. The van der Waals surface area contributed by atoms with Crippen LogP contribution >= 0.6 is 15.9 Å². The number of hydrogen-bond acceptors (Lipinski definition) is 5. The molecule has 0 unspecified atom stereocenters. The third-order valence-corrected chi connectivity index (χ3v) is 5.11. The second-order valence-electron chi connectivity index (χ2n) is 6.67. The first-order chi connectivity index (χ1) is 14.5. The highest BCUT2D eigenvalue weighted by atomic mass is 79.9. The molecule has 30 heavy (non-hydrogen) atoms. The highest BCUT2D eigenvalue weighted by Crippen LogP contribution is 2.28. The van der Waals surface area contributed by atoms with E-state index < -0.39 is 0 Å². The fraction of sp³-hybridized carbons (Fsp3) is 0.125. The molecule has 6 heteroatoms. The number of halogens is 1. The van der Waals surface area contributed by atoms with Crippen molar-refractivity contribution in [2.45, 2.75) is 13.5 Å². The van der Waals surface area contributed by atoms with Gasteiger partial charge in [0.25, 0.3) is 0 Å². The Labute approximate surface area is 181 Å². The molecule has 0 amide bonds. The van der Waals surface area contributed by atoms with E-state index in [1.54, 1.807) is 56.5 Å². The maximum Gasteiger partial charge on any atom is 0.235 e. The van der Waals surface area contributed by atoms with E-state index in [0.29, 0.717) is 40.6 Å². The summed E-state index contributed by atoms with van der Waals surface area (Å²) < 4.78 is 23.7. The first-order valence-electron chi connectivity index (χ1n) is 9.30. The summed E-state index contributed by atoms with van der Waals surface area (Å²) in [5, 5.41) is 0.431. The molecule has 0 fully saturated rings. The molecule has 0 radical (unpaired) electrons. The average Bonchev–Trinajstić information content (AvgIpc) is 2.76. The molecule has 3 aromatic carbocycles. The van der Waals surface area contributed by atoms with E-state index in [1.165, 1.54) is 0 Å². The average molecular weight is 467 g/mol. The molecule has 1 heterocycles. The summed E-state index contributed by atoms with van der Waals surface area (Å²) in [6.45, 7) is 2.12. The van der Waals surface area contributed by atoms with Crippen molar-refractivity contribution in [3.05, 3.63) is 92.7 Å². The summed E-state index contributed by atoms with van der Waals surface area (Å²) in [4.78, 5) is 12.9. The van der Waals surface area contributed by atoms with E-state index in [1.807, 2.05) is 24.3 Å². The molecule has 0 aliphatic carbocycles. The third-order valence-electron chi connectivity index (χ3n) is 4.58. The first kappa shape index (κ1) is 20.0. The lowest BCUT2D eigenvalue weighted by Crippen LogP contribution is -2.07. The van der Waals surface area contributed by atoms with Gasteiger partial charge in [-0.05, 0) is 61.0 Å². The number of methoxy groups -OCH3 is 1. The molecule has 0 saturated carbocycles. The van der Waals surface area contributed by atoms with Crippen molar-refractivity contribution in [3.8, 4) is 23.0 Å². The molecule has 1 aromatic heterocycles. The number of ether oxygens (including phenoxy) is 3. The van der Waals surface area contributed by atoms with E-state index in [-0.39, 0.29) is 11.2 Å². The number of fused-ring (bicyclic) bond motifs is 1. The normalized spacial score (nSPS) is 10.8. The smallest absolute Gasteiger partial charge is 0.235 e. The predicted octanol–water partition coefficient (Wildman–Crippen LogP) is 6.24. The third kappa shape index (κ3) is 4.33. The molecule has 4 aromatic rings. The lowest BCUT2D eigenvalue weighted by Gasteiger charge is -2.11. The standard InChI is InChI=1S/C24H19BrO5/c1-15-24(30-19-9-7-18(27-2)8-10-19)23(26)21-12-11-20(13-22(21)29-15)28-14-16-3-5-17(25)6-4-16/h3-13H,14H2,1-2H3. The van der Waals surface area contributed by atoms with Crippen LogP contribution in [0.25, 0.3) is 11.0 Å². The van der Waals surface area contributed by atoms with Crippen LogP contribution < -0.4 is 19.6 Å². The van der Waals surface area contributed by atoms with E-state index in [0.717, 1.165) is 10.0 Å². The zero-order valence-electron chi connectivity index (χ0n) is 16.5. The Balaban J connectivity index is 1.58. The van der Waals surface area contributed by atoms with Gasteiger partial charge in [-0.3, -0.25) is 4.79 Å². The molecular formula is C24H19BrO5. The zero-order chi connectivity index (χ0) is 21.1. The summed E-state index contributed by atoms with van der Waals surface area (Å²) in [6, 6.07) is 20.1. The predicted molar refractivity (Wildman–Crippen MR) is 119 cm³/mol. The maximum atomic E-state index is 12.9. The van der Waals surface area contributed by atoms with Gasteiger partial charge in [-0.2, -0.15) is 0 Å². The Morgan fingerprint density at radius 2 is 1.57 bits per heavy atom. The Morgan fingerprint density at radius 1 is 0.900 bits per heavy atom. The van der Waals surface area contributed by atoms with Crippen LogP contribution in [0.4, 0.5) is 0 Å². The second-order valence-corrected chi connectivity index (χ2v) is 7.58. The molecule has 0 bridgehead atoms. The van der Waals surface area contributed by atoms with Crippen LogP contribution in [0.5, 0.6) is 23.0 Å². The van der Waals surface area contributed by atoms with E-state index >= 15 is 0 Å². The van der Waals surface area contributed by atoms with Crippen LogP contribution in [0.15, 0.2) is 80.4 Å². The van der Waals surface area contributed by atoms with Gasteiger partial charge in [0, 0.05) is 10.5 Å². The van der Waals surface area contributed by atoms with Gasteiger partial charge in [0.15, 0.2) is 0 Å². The van der Waals surface area contributed by atoms with Crippen LogP contribution in [-0.2, 0) is 6.61 Å². The number of rotatable bonds is 6. The van der Waals surface area contributed by atoms with Gasteiger partial charge in [0.05, 0.1) is 12.5 Å². The van der Waals surface area contributed by atoms with E-state index in [2.05, 4.69) is 15.9 Å². The second kappa shape index (κ2) is 8.63. The van der Waals surface area contributed by atoms with Crippen molar-refractivity contribution in [3.63, 3.8) is 0 Å². The quantitative estimate of drug-likeness (QED) is 0.336. The van der Waals surface area contributed by atoms with Gasteiger partial charge < -0.3 is 18.6 Å². The van der Waals surface area contributed by atoms with Gasteiger partial charge in [0.2, 0.25) is 11.2 Å². The van der Waals surface area contributed by atoms with Crippen molar-refractivity contribution in [2.24, 2.45) is 0 Å². The molecule has 0 saturated heterocycles. The first-order valence-corrected chi connectivity index (χ1v) is 10.1. The fourth-order valence-electron chi connectivity index (χ4n) is 2.99. The maximum absolute atomic E-state index is 12.9. The van der Waals surface area contributed by atoms with Crippen molar-refractivity contribution in [2.75, 3.05) is 7.11 Å². The fourth-order valence-corrected chi connectivity index (χ4v) is 3.25. The van der Waals surface area contributed by atoms with Crippen LogP contribution in [0.2, 0.25) is 0 Å². The topological polar surface area (TPSA) is 57.9 Å². The molecule has 0 spiro atoms. The Bertz CT molecular complexity index is 1230. The molecular weight excluding hydrogens is 448 g/mol. The lowest BCUT2D eigenvalue weighted by molar-refractivity contribution is 0.306. The van der Waals surface area contributed by atoms with E-state index in [9.17, 15) is 4.79 Å². The Hall–Kier alpha value is -3.25. The zero-order valence-corrected chi connectivity index (χ0v) is 18.1. The minimum Gasteiger partial charge on any atom is -0.497 e. The number of aryl methyl sites for hydroxylation is 1. The lowest BCUT2D eigenvalue weighted by atomic mass is 10.2. The van der Waals surface area contributed by atoms with Gasteiger partial charge in [0.1, 0.15) is 35.2 Å². The minimum atomic E-state index is -0.232. The molecule has 0 aliphatic heterocycles. The Morgan fingerprint density at radius 3 is 2.27 bits per heavy atom. The summed E-state index contributed by atoms with van der Waals surface area (Å²) in [7, 11) is 1.59. The van der Waals surface area contributed by atoms with Crippen LogP contribution in [-0.4, -0.2) is 7.11 Å². The van der Waals surface area contributed by atoms with Gasteiger partial charge in [-0.1, -0.05) is 28.1 Å². The van der Waals surface area contributed by atoms with Crippen molar-refractivity contribution >= 4 is 26.9 Å². The van der Waals surface area contributed by atoms with Gasteiger partial charge >= 0.3 is 0 Å². The van der Waals surface area contributed by atoms with Gasteiger partial charge in [-0.15, -0.1) is 0 Å². The number of benzene rings is 3. The Kier molecular flexibility index (Phi) is 5.77. The van der Waals surface area contributed by atoms with Crippen LogP contribution in [0, 0.1) is 6.92 Å². The molecule has 152 valence electrons. The van der Waals surface area contributed by atoms with Crippen LogP contribution in [0.3, 0.4) is 0 Å². The highest BCUT2D eigenvalue weighted by Gasteiger charge is 2.15. The minimum absolute atomic E-state index is 0.163. The van der Waals surface area contributed by atoms with Gasteiger partial charge in [-0.25, -0.2) is 0 Å². The van der Waals surface area contributed by atoms with Crippen molar-refractivity contribution in [1.29, 1.82) is 0 Å². The molecule has 0 N–H and O–H groups in total. The monoisotopic (exact) mass is 466 g/mol. The summed E-state index contributed by atoms with van der Waals surface area (Å²) in [5.41, 5.74) is 1.26. The van der Waals surface area contributed by atoms with Crippen molar-refractivity contribution < 1.29 is 18.6 Å². The van der Waals surface area contributed by atoms with Crippen LogP contribution in [0.1, 0.15) is 11.3 Å². The molecule has 0 atom stereocenters. The molecule has 0 aliphatic rings. The van der Waals surface area contributed by atoms with Crippen molar-refractivity contribution in [1.82, 2.24) is 0 Å². The molecule has 4 rings (SSSR count). The summed E-state index contributed by atoms with van der Waals surface area (Å²) >= 11 is 3.42. The SMILES string of the molecule is COc1ccc(Oc2c(C)oc3cc(OCc4ccc(Br)cc4)ccc3c2=O)cc1. The summed E-state index contributed by atoms with van der Waals surface area (Å²) in [5.74, 6) is 2.42. The highest BCUT2D eigenvalue weighted by molar-refractivity contribution is 9.10. The summed E-state index contributed by atoms with van der Waals surface area (Å²) in [6.07, 6.45) is 0. The van der Waals surface area contributed by atoms with E-state index in [4.69, 9.17) is 18.6 Å². The number of hydrogen-bond donors (Lipinski definition) is 0. The largest absolute Gasteiger partial charge is 0.497 e.